The Morgan fingerprint density at radius 1 is 1.33 bits per heavy atom. The van der Waals surface area contributed by atoms with E-state index in [0.29, 0.717) is 26.1 Å². The third-order valence-electron chi connectivity index (χ3n) is 3.56. The number of nitrogens with zero attached hydrogens (tertiary/aromatic N) is 1. The van der Waals surface area contributed by atoms with Crippen molar-refractivity contribution < 1.29 is 18.0 Å². The van der Waals surface area contributed by atoms with Gasteiger partial charge in [0.1, 0.15) is 0 Å². The van der Waals surface area contributed by atoms with E-state index in [-0.39, 0.29) is 12.8 Å². The SMILES string of the molecule is CC(N)(CCN1CCC(C(F)(F)F)CC1)C(N)=O. The smallest absolute Gasteiger partial charge is 0.368 e. The Hall–Kier alpha value is -0.820. The van der Waals surface area contributed by atoms with Gasteiger partial charge in [0.05, 0.1) is 11.5 Å². The number of likely N-dealkylation sites (tertiary alicyclic amines) is 1. The van der Waals surface area contributed by atoms with E-state index in [4.69, 9.17) is 11.5 Å². The second-order valence-corrected chi connectivity index (χ2v) is 5.19. The van der Waals surface area contributed by atoms with E-state index in [0.717, 1.165) is 0 Å². The molecule has 1 atom stereocenters. The van der Waals surface area contributed by atoms with Crippen molar-refractivity contribution in [1.82, 2.24) is 4.90 Å². The summed E-state index contributed by atoms with van der Waals surface area (Å²) >= 11 is 0. The fraction of sp³-hybridized carbons (Fsp3) is 0.909. The van der Waals surface area contributed by atoms with E-state index in [1.165, 1.54) is 6.92 Å². The highest BCUT2D eigenvalue weighted by Crippen LogP contribution is 2.34. The average molecular weight is 267 g/mol. The molecule has 1 aliphatic heterocycles. The van der Waals surface area contributed by atoms with Crippen LogP contribution < -0.4 is 11.5 Å². The molecule has 0 bridgehead atoms. The highest BCUT2D eigenvalue weighted by atomic mass is 19.4. The van der Waals surface area contributed by atoms with Crippen LogP contribution in [-0.2, 0) is 4.79 Å². The van der Waals surface area contributed by atoms with Gasteiger partial charge in [-0.1, -0.05) is 0 Å². The summed E-state index contributed by atoms with van der Waals surface area (Å²) in [5.41, 5.74) is 9.73. The number of halogens is 3. The molecule has 7 heteroatoms. The van der Waals surface area contributed by atoms with E-state index < -0.39 is 23.5 Å². The molecule has 4 nitrogen and oxygen atoms in total. The maximum atomic E-state index is 12.4. The van der Waals surface area contributed by atoms with Crippen molar-refractivity contribution >= 4 is 5.91 Å². The Kier molecular flexibility index (Phi) is 4.61. The van der Waals surface area contributed by atoms with Crippen molar-refractivity contribution in [2.75, 3.05) is 19.6 Å². The average Bonchev–Trinajstić information content (AvgIpc) is 2.25. The Morgan fingerprint density at radius 2 is 1.83 bits per heavy atom. The minimum Gasteiger partial charge on any atom is -0.368 e. The van der Waals surface area contributed by atoms with Crippen LogP contribution in [0, 0.1) is 5.92 Å². The third kappa shape index (κ3) is 4.13. The van der Waals surface area contributed by atoms with Gasteiger partial charge in [-0.25, -0.2) is 0 Å². The fourth-order valence-electron chi connectivity index (χ4n) is 2.00. The number of primary amides is 1. The summed E-state index contributed by atoms with van der Waals surface area (Å²) in [5, 5.41) is 0. The summed E-state index contributed by atoms with van der Waals surface area (Å²) in [5.74, 6) is -1.79. The summed E-state index contributed by atoms with van der Waals surface area (Å²) in [7, 11) is 0. The summed E-state index contributed by atoms with van der Waals surface area (Å²) in [6.07, 6.45) is -3.51. The van der Waals surface area contributed by atoms with Crippen LogP contribution >= 0.6 is 0 Å². The van der Waals surface area contributed by atoms with Crippen molar-refractivity contribution in [3.8, 4) is 0 Å². The van der Waals surface area contributed by atoms with Gasteiger partial charge in [0.15, 0.2) is 0 Å². The lowest BCUT2D eigenvalue weighted by atomic mass is 9.94. The molecule has 1 amide bonds. The summed E-state index contributed by atoms with van der Waals surface area (Å²) < 4.78 is 37.3. The molecule has 1 aliphatic rings. The lowest BCUT2D eigenvalue weighted by Crippen LogP contribution is -2.51. The van der Waals surface area contributed by atoms with Crippen molar-refractivity contribution in [2.24, 2.45) is 17.4 Å². The van der Waals surface area contributed by atoms with Gasteiger partial charge < -0.3 is 16.4 Å². The van der Waals surface area contributed by atoms with E-state index >= 15 is 0 Å². The lowest BCUT2D eigenvalue weighted by Gasteiger charge is -2.34. The third-order valence-corrected chi connectivity index (χ3v) is 3.56. The highest BCUT2D eigenvalue weighted by Gasteiger charge is 2.41. The number of rotatable bonds is 4. The Bertz CT molecular complexity index is 296. The highest BCUT2D eigenvalue weighted by molar-refractivity contribution is 5.83. The van der Waals surface area contributed by atoms with Gasteiger partial charge in [-0.3, -0.25) is 4.79 Å². The Labute approximate surface area is 104 Å². The molecule has 0 aromatic heterocycles. The van der Waals surface area contributed by atoms with Crippen LogP contribution in [0.25, 0.3) is 0 Å². The number of alkyl halides is 3. The van der Waals surface area contributed by atoms with Crippen molar-refractivity contribution in [3.05, 3.63) is 0 Å². The molecule has 1 fully saturated rings. The molecular weight excluding hydrogens is 247 g/mol. The van der Waals surface area contributed by atoms with E-state index in [1.807, 2.05) is 4.90 Å². The van der Waals surface area contributed by atoms with Gasteiger partial charge in [-0.2, -0.15) is 13.2 Å². The number of nitrogens with two attached hydrogens (primary N) is 2. The molecule has 1 unspecified atom stereocenters. The normalized spacial score (nSPS) is 22.7. The minimum atomic E-state index is -4.10. The van der Waals surface area contributed by atoms with E-state index in [9.17, 15) is 18.0 Å². The first-order valence-corrected chi connectivity index (χ1v) is 6.01. The quantitative estimate of drug-likeness (QED) is 0.793. The molecule has 1 heterocycles. The molecule has 18 heavy (non-hydrogen) atoms. The van der Waals surface area contributed by atoms with Crippen LogP contribution in [0.15, 0.2) is 0 Å². The van der Waals surface area contributed by atoms with E-state index in [1.54, 1.807) is 0 Å². The van der Waals surface area contributed by atoms with Crippen LogP contribution in [0.3, 0.4) is 0 Å². The first-order chi connectivity index (χ1) is 8.13. The summed E-state index contributed by atoms with van der Waals surface area (Å²) in [4.78, 5) is 12.9. The second-order valence-electron chi connectivity index (χ2n) is 5.19. The monoisotopic (exact) mass is 267 g/mol. The lowest BCUT2D eigenvalue weighted by molar-refractivity contribution is -0.185. The van der Waals surface area contributed by atoms with Crippen LogP contribution in [0.5, 0.6) is 0 Å². The van der Waals surface area contributed by atoms with E-state index in [2.05, 4.69) is 0 Å². The largest absolute Gasteiger partial charge is 0.391 e. The number of carbonyl (C=O) groups excluding carboxylic acids is 1. The number of carbonyl (C=O) groups is 1. The maximum Gasteiger partial charge on any atom is 0.391 e. The molecule has 0 aliphatic carbocycles. The molecule has 0 radical (unpaired) electrons. The molecule has 1 saturated heterocycles. The number of amides is 1. The van der Waals surface area contributed by atoms with Gasteiger partial charge in [0.25, 0.3) is 0 Å². The standard InChI is InChI=1S/C11H20F3N3O/c1-10(16,9(15)18)4-7-17-5-2-8(3-6-17)11(12,13)14/h8H,2-7,16H2,1H3,(H2,15,18). The fourth-order valence-corrected chi connectivity index (χ4v) is 2.00. The van der Waals surface area contributed by atoms with Crippen molar-refractivity contribution in [3.63, 3.8) is 0 Å². The predicted molar refractivity (Wildman–Crippen MR) is 61.6 cm³/mol. The minimum absolute atomic E-state index is 0.112. The summed E-state index contributed by atoms with van der Waals surface area (Å²) in [6, 6.07) is 0. The van der Waals surface area contributed by atoms with Gasteiger partial charge in [0, 0.05) is 6.54 Å². The van der Waals surface area contributed by atoms with Crippen LogP contribution in [0.1, 0.15) is 26.2 Å². The first-order valence-electron chi connectivity index (χ1n) is 6.01. The van der Waals surface area contributed by atoms with Gasteiger partial charge in [-0.15, -0.1) is 0 Å². The summed E-state index contributed by atoms with van der Waals surface area (Å²) in [6.45, 7) is 2.82. The van der Waals surface area contributed by atoms with Crippen molar-refractivity contribution in [2.45, 2.75) is 37.9 Å². The predicted octanol–water partition coefficient (Wildman–Crippen LogP) is 0.854. The van der Waals surface area contributed by atoms with Gasteiger partial charge in [-0.05, 0) is 39.3 Å². The molecule has 0 saturated carbocycles. The van der Waals surface area contributed by atoms with Crippen LogP contribution in [0.2, 0.25) is 0 Å². The molecule has 0 aromatic carbocycles. The van der Waals surface area contributed by atoms with Gasteiger partial charge in [0.2, 0.25) is 5.91 Å². The second kappa shape index (κ2) is 5.44. The maximum absolute atomic E-state index is 12.4. The zero-order valence-corrected chi connectivity index (χ0v) is 10.5. The zero-order chi connectivity index (χ0) is 14.0. The number of piperidine rings is 1. The van der Waals surface area contributed by atoms with Gasteiger partial charge >= 0.3 is 6.18 Å². The molecule has 4 N–H and O–H groups in total. The van der Waals surface area contributed by atoms with Crippen molar-refractivity contribution in [1.29, 1.82) is 0 Å². The molecule has 0 aromatic rings. The first kappa shape index (κ1) is 15.2. The number of hydrogen-bond donors (Lipinski definition) is 2. The zero-order valence-electron chi connectivity index (χ0n) is 10.5. The van der Waals surface area contributed by atoms with Crippen LogP contribution in [-0.4, -0.2) is 42.2 Å². The Morgan fingerprint density at radius 3 is 2.22 bits per heavy atom. The molecule has 1 rings (SSSR count). The Balaban J connectivity index is 2.35. The number of hydrogen-bond acceptors (Lipinski definition) is 3. The molecule has 106 valence electrons. The molecule has 0 spiro atoms. The molecular formula is C11H20F3N3O. The topological polar surface area (TPSA) is 72.3 Å². The van der Waals surface area contributed by atoms with Crippen LogP contribution in [0.4, 0.5) is 13.2 Å².